The average Bonchev–Trinajstić information content (AvgIpc) is 3.38. The van der Waals surface area contributed by atoms with Crippen LogP contribution in [0.2, 0.25) is 0 Å². The van der Waals surface area contributed by atoms with E-state index in [1.807, 2.05) is 49.6 Å². The van der Waals surface area contributed by atoms with Crippen LogP contribution in [0.4, 0.5) is 0 Å². The van der Waals surface area contributed by atoms with Gasteiger partial charge in [-0.2, -0.15) is 0 Å². The Hall–Kier alpha value is -3.10. The molecule has 35 heavy (non-hydrogen) atoms. The highest BCUT2D eigenvalue weighted by molar-refractivity contribution is 7.10. The van der Waals surface area contributed by atoms with Gasteiger partial charge in [0.05, 0.1) is 31.8 Å². The largest absolute Gasteiger partial charge is 0.493 e. The van der Waals surface area contributed by atoms with Crippen LogP contribution in [0.1, 0.15) is 49.0 Å². The maximum Gasteiger partial charge on any atom is 0.336 e. The van der Waals surface area contributed by atoms with E-state index < -0.39 is 11.9 Å². The molecule has 4 rings (SSSR count). The van der Waals surface area contributed by atoms with Crippen molar-refractivity contribution in [2.24, 2.45) is 0 Å². The van der Waals surface area contributed by atoms with Crippen LogP contribution < -0.4 is 14.8 Å². The monoisotopic (exact) mass is 497 g/mol. The molecule has 0 bridgehead atoms. The lowest BCUT2D eigenvalue weighted by Gasteiger charge is -2.36. The van der Waals surface area contributed by atoms with E-state index >= 15 is 0 Å². The molecular formula is C27H31NO6S. The molecular weight excluding hydrogens is 466 g/mol. The zero-order valence-electron chi connectivity index (χ0n) is 20.5. The van der Waals surface area contributed by atoms with Crippen molar-refractivity contribution in [1.82, 2.24) is 5.32 Å². The Kier molecular flexibility index (Phi) is 7.93. The number of allylic oxidation sites excluding steroid dienone is 3. The summed E-state index contributed by atoms with van der Waals surface area (Å²) in [6.07, 6.45) is 1.01. The molecule has 1 aliphatic heterocycles. The first-order valence-corrected chi connectivity index (χ1v) is 12.6. The number of thiophene rings is 1. The number of carbonyl (C=O) groups is 2. The van der Waals surface area contributed by atoms with Crippen LogP contribution in [-0.2, 0) is 19.1 Å². The predicted octanol–water partition coefficient (Wildman–Crippen LogP) is 4.71. The Morgan fingerprint density at radius 3 is 2.66 bits per heavy atom. The van der Waals surface area contributed by atoms with Crippen LogP contribution in [0.5, 0.6) is 11.5 Å². The van der Waals surface area contributed by atoms with E-state index in [9.17, 15) is 9.59 Å². The molecule has 0 radical (unpaired) electrons. The number of benzene rings is 1. The molecule has 2 heterocycles. The highest BCUT2D eigenvalue weighted by atomic mass is 32.1. The van der Waals surface area contributed by atoms with Crippen molar-refractivity contribution in [3.05, 3.63) is 68.7 Å². The van der Waals surface area contributed by atoms with Crippen LogP contribution in [0, 0.1) is 0 Å². The summed E-state index contributed by atoms with van der Waals surface area (Å²) in [5.41, 5.74) is 3.74. The van der Waals surface area contributed by atoms with Gasteiger partial charge < -0.3 is 24.3 Å². The summed E-state index contributed by atoms with van der Waals surface area (Å²) in [6.45, 7) is 4.81. The summed E-state index contributed by atoms with van der Waals surface area (Å²) in [5.74, 6) is 0.495. The molecule has 0 spiro atoms. The topological polar surface area (TPSA) is 83.1 Å². The predicted molar refractivity (Wildman–Crippen MR) is 134 cm³/mol. The van der Waals surface area contributed by atoms with Gasteiger partial charge in [-0.3, -0.25) is 4.79 Å². The van der Waals surface area contributed by atoms with E-state index in [0.717, 1.165) is 16.1 Å². The number of Topliss-reactive ketones (excluding diaryl/α,β-unsaturated/α-hetero) is 1. The van der Waals surface area contributed by atoms with Gasteiger partial charge in [0.25, 0.3) is 0 Å². The molecule has 2 aliphatic rings. The number of rotatable bonds is 9. The molecule has 1 aliphatic carbocycles. The first-order valence-electron chi connectivity index (χ1n) is 11.7. The first-order chi connectivity index (χ1) is 17.0. The number of carbonyl (C=O) groups excluding carboxylic acids is 2. The number of methoxy groups -OCH3 is 2. The number of ether oxygens (including phenoxy) is 4. The summed E-state index contributed by atoms with van der Waals surface area (Å²) in [6, 6.07) is 9.76. The Morgan fingerprint density at radius 2 is 1.97 bits per heavy atom. The first kappa shape index (κ1) is 25.0. The molecule has 0 saturated carbocycles. The minimum absolute atomic E-state index is 0.00897. The van der Waals surface area contributed by atoms with Crippen molar-refractivity contribution in [2.45, 2.75) is 38.5 Å². The van der Waals surface area contributed by atoms with E-state index in [1.165, 1.54) is 11.3 Å². The van der Waals surface area contributed by atoms with Gasteiger partial charge in [-0.05, 0) is 55.3 Å². The molecule has 0 fully saturated rings. The lowest BCUT2D eigenvalue weighted by molar-refractivity contribution is -0.140. The fourth-order valence-corrected chi connectivity index (χ4v) is 5.64. The van der Waals surface area contributed by atoms with Gasteiger partial charge in [0.15, 0.2) is 17.3 Å². The van der Waals surface area contributed by atoms with Crippen LogP contribution in [0.3, 0.4) is 0 Å². The van der Waals surface area contributed by atoms with Crippen molar-refractivity contribution in [2.75, 3.05) is 34.0 Å². The number of hydrogen-bond donors (Lipinski definition) is 1. The summed E-state index contributed by atoms with van der Waals surface area (Å²) in [4.78, 5) is 27.7. The maximum absolute atomic E-state index is 13.6. The number of nitrogens with one attached hydrogen (secondary N) is 1. The molecule has 0 amide bonds. The Bertz CT molecular complexity index is 1150. The van der Waals surface area contributed by atoms with Crippen LogP contribution in [0.25, 0.3) is 0 Å². The quantitative estimate of drug-likeness (QED) is 0.397. The number of hydrogen-bond acceptors (Lipinski definition) is 8. The average molecular weight is 498 g/mol. The smallest absolute Gasteiger partial charge is 0.336 e. The van der Waals surface area contributed by atoms with E-state index in [-0.39, 0.29) is 18.3 Å². The minimum atomic E-state index is -0.440. The normalized spacial score (nSPS) is 19.8. The number of esters is 1. The highest BCUT2D eigenvalue weighted by Gasteiger charge is 2.42. The third-order valence-electron chi connectivity index (χ3n) is 6.35. The van der Waals surface area contributed by atoms with Crippen molar-refractivity contribution in [3.63, 3.8) is 0 Å². The third kappa shape index (κ3) is 5.13. The van der Waals surface area contributed by atoms with Gasteiger partial charge >= 0.3 is 5.97 Å². The third-order valence-corrected chi connectivity index (χ3v) is 7.29. The molecule has 2 aromatic rings. The fraction of sp³-hybridized carbons (Fsp3) is 0.407. The Balaban J connectivity index is 1.67. The van der Waals surface area contributed by atoms with Gasteiger partial charge in [0.2, 0.25) is 0 Å². The van der Waals surface area contributed by atoms with E-state index in [0.29, 0.717) is 54.4 Å². The standard InChI is InChI=1S/C27H31NO6S/c1-5-33-21-9-8-17(15-22(21)32-4)18-13-19-25(20(29)14-18)26(23-7-6-12-35-23)24(16(2)28-19)27(30)34-11-10-31-3/h6-9,12,15,18,26,28H,5,10-11,13-14H2,1-4H3/t18-,26-/m0/s1. The van der Waals surface area contributed by atoms with Crippen LogP contribution >= 0.6 is 11.3 Å². The zero-order chi connectivity index (χ0) is 24.9. The molecule has 8 heteroatoms. The summed E-state index contributed by atoms with van der Waals surface area (Å²) >= 11 is 1.54. The van der Waals surface area contributed by atoms with Crippen molar-refractivity contribution in [3.8, 4) is 11.5 Å². The van der Waals surface area contributed by atoms with Gasteiger partial charge in [0.1, 0.15) is 6.61 Å². The van der Waals surface area contributed by atoms with Gasteiger partial charge in [-0.1, -0.05) is 12.1 Å². The van der Waals surface area contributed by atoms with E-state index in [2.05, 4.69) is 5.32 Å². The van der Waals surface area contributed by atoms with Crippen molar-refractivity contribution in [1.29, 1.82) is 0 Å². The van der Waals surface area contributed by atoms with Gasteiger partial charge in [-0.15, -0.1) is 11.3 Å². The van der Waals surface area contributed by atoms with Crippen LogP contribution in [-0.4, -0.2) is 45.8 Å². The van der Waals surface area contributed by atoms with Crippen molar-refractivity contribution >= 4 is 23.1 Å². The summed E-state index contributed by atoms with van der Waals surface area (Å²) < 4.78 is 21.6. The van der Waals surface area contributed by atoms with E-state index in [4.69, 9.17) is 18.9 Å². The fourth-order valence-electron chi connectivity index (χ4n) is 4.79. The van der Waals surface area contributed by atoms with Gasteiger partial charge in [-0.25, -0.2) is 4.79 Å². The number of dihydropyridines is 1. The highest BCUT2D eigenvalue weighted by Crippen LogP contribution is 2.47. The minimum Gasteiger partial charge on any atom is -0.493 e. The zero-order valence-corrected chi connectivity index (χ0v) is 21.3. The molecule has 186 valence electrons. The Labute approximate surface area is 209 Å². The molecule has 7 nitrogen and oxygen atoms in total. The second-order valence-electron chi connectivity index (χ2n) is 8.50. The SMILES string of the molecule is CCOc1ccc([C@@H]2CC(=O)C3=C(C2)NC(C)=C(C(=O)OCCOC)[C@@H]3c2cccs2)cc1OC. The molecule has 0 saturated heterocycles. The summed E-state index contributed by atoms with van der Waals surface area (Å²) in [7, 11) is 3.17. The molecule has 0 unspecified atom stereocenters. The molecule has 1 N–H and O–H groups in total. The second kappa shape index (κ2) is 11.1. The van der Waals surface area contributed by atoms with Crippen molar-refractivity contribution < 1.29 is 28.5 Å². The maximum atomic E-state index is 13.6. The lowest BCUT2D eigenvalue weighted by Crippen LogP contribution is -2.36. The van der Waals surface area contributed by atoms with E-state index in [1.54, 1.807) is 14.2 Å². The number of ketones is 1. The van der Waals surface area contributed by atoms with Gasteiger partial charge in [0, 0.05) is 35.4 Å². The lowest BCUT2D eigenvalue weighted by atomic mass is 9.73. The molecule has 1 aromatic carbocycles. The Morgan fingerprint density at radius 1 is 1.14 bits per heavy atom. The molecule has 2 atom stereocenters. The molecule has 1 aromatic heterocycles. The summed E-state index contributed by atoms with van der Waals surface area (Å²) in [5, 5.41) is 5.34. The van der Waals surface area contributed by atoms with Crippen LogP contribution in [0.15, 0.2) is 58.3 Å². The second-order valence-corrected chi connectivity index (χ2v) is 9.48.